The van der Waals surface area contributed by atoms with Gasteiger partial charge in [-0.3, -0.25) is 20.4 Å². The number of benzene rings is 2. The highest BCUT2D eigenvalue weighted by Crippen LogP contribution is 2.34. The number of aliphatic hydroxyl groups is 2. The molecule has 0 saturated carbocycles. The zero-order chi connectivity index (χ0) is 32.8. The van der Waals surface area contributed by atoms with Gasteiger partial charge in [0, 0.05) is 29.4 Å². The van der Waals surface area contributed by atoms with E-state index in [1.807, 2.05) is 25.2 Å². The highest BCUT2D eigenvalue weighted by Gasteiger charge is 2.42. The molecule has 5 unspecified atom stereocenters. The number of rotatable bonds is 15. The van der Waals surface area contributed by atoms with Crippen molar-refractivity contribution in [3.63, 3.8) is 0 Å². The molecule has 0 aliphatic carbocycles. The van der Waals surface area contributed by atoms with Crippen LogP contribution in [-0.4, -0.2) is 112 Å². The van der Waals surface area contributed by atoms with Gasteiger partial charge in [-0.1, -0.05) is 5.22 Å². The summed E-state index contributed by atoms with van der Waals surface area (Å²) in [6.07, 6.45) is -1.10. The van der Waals surface area contributed by atoms with Crippen LogP contribution in [-0.2, 0) is 9.47 Å². The number of thioether (sulfide) groups is 1. The molecule has 246 valence electrons. The average molecular weight is 653 g/mol. The molecule has 5 atom stereocenters. The van der Waals surface area contributed by atoms with Gasteiger partial charge in [0.15, 0.2) is 17.5 Å². The molecule has 0 bridgehead atoms. The molecule has 5 N–H and O–H groups in total. The first-order valence-electron chi connectivity index (χ1n) is 14.2. The quantitative estimate of drug-likeness (QED) is 0.0640. The first kappa shape index (κ1) is 36.1. The molecule has 45 heavy (non-hydrogen) atoms. The molecule has 0 aromatic heterocycles. The molecule has 2 aliphatic heterocycles. The Labute approximate surface area is 264 Å². The van der Waals surface area contributed by atoms with E-state index in [0.29, 0.717) is 26.2 Å². The molecule has 12 nitrogen and oxygen atoms in total. The fourth-order valence-electron chi connectivity index (χ4n) is 4.73. The van der Waals surface area contributed by atoms with Crippen LogP contribution in [0.25, 0.3) is 0 Å². The smallest absolute Gasteiger partial charge is 0.194 e. The summed E-state index contributed by atoms with van der Waals surface area (Å²) in [5.74, 6) is -3.40. The molecular weight excluding hydrogens is 613 g/mol. The number of nitrogens with one attached hydrogen (secondary N) is 3. The van der Waals surface area contributed by atoms with Gasteiger partial charge in [-0.25, -0.2) is 13.2 Å². The van der Waals surface area contributed by atoms with E-state index in [2.05, 4.69) is 44.4 Å². The molecule has 0 spiro atoms. The minimum atomic E-state index is -1.54. The summed E-state index contributed by atoms with van der Waals surface area (Å²) in [7, 11) is 1.87. The van der Waals surface area contributed by atoms with Crippen LogP contribution in [0.4, 0.5) is 24.5 Å². The third-order valence-corrected chi connectivity index (χ3v) is 8.01. The number of nitrogens with zero attached hydrogens (tertiary/aromatic N) is 5. The van der Waals surface area contributed by atoms with Crippen molar-refractivity contribution in [2.45, 2.75) is 41.7 Å². The first-order chi connectivity index (χ1) is 21.8. The van der Waals surface area contributed by atoms with E-state index in [1.165, 1.54) is 5.01 Å². The number of halogens is 3. The number of anilines is 1. The normalized spacial score (nSPS) is 22.4. The molecule has 2 aromatic rings. The lowest BCUT2D eigenvalue weighted by Gasteiger charge is -2.41. The van der Waals surface area contributed by atoms with Gasteiger partial charge in [0.25, 0.3) is 0 Å². The highest BCUT2D eigenvalue weighted by atomic mass is 32.2. The van der Waals surface area contributed by atoms with Crippen LogP contribution in [0, 0.1) is 22.9 Å². The summed E-state index contributed by atoms with van der Waals surface area (Å²) < 4.78 is 52.4. The Morgan fingerprint density at radius 2 is 1.96 bits per heavy atom. The molecule has 0 amide bonds. The second-order valence-corrected chi connectivity index (χ2v) is 11.1. The number of hydrogen-bond donors (Lipinski definition) is 5. The monoisotopic (exact) mass is 652 g/mol. The Morgan fingerprint density at radius 1 is 1.22 bits per heavy atom. The Morgan fingerprint density at radius 3 is 2.60 bits per heavy atom. The molecule has 1 fully saturated rings. The van der Waals surface area contributed by atoms with E-state index < -0.39 is 54.5 Å². The summed E-state index contributed by atoms with van der Waals surface area (Å²) in [6.45, 7) is 8.76. The molecule has 2 heterocycles. The number of likely N-dealkylation sites (N-methyl/N-ethyl adjacent to an activating group) is 1. The lowest BCUT2D eigenvalue weighted by molar-refractivity contribution is -0.161. The fourth-order valence-corrected chi connectivity index (χ4v) is 5.64. The van der Waals surface area contributed by atoms with E-state index in [4.69, 9.17) is 14.9 Å². The van der Waals surface area contributed by atoms with Gasteiger partial charge in [0.1, 0.15) is 24.6 Å². The first-order valence-corrected chi connectivity index (χ1v) is 15.2. The molecule has 0 radical (unpaired) electrons. The van der Waals surface area contributed by atoms with Crippen LogP contribution in [0.5, 0.6) is 0 Å². The topological polar surface area (TPSA) is 160 Å². The maximum atomic E-state index is 13.8. The zero-order valence-corrected chi connectivity index (χ0v) is 25.7. The standard InChI is InChI=1S/C27H35F3N6O4S.C2H4N2/c1-31-5-6-39-7-8-41-25-11-17(3-4-21(25)32-2)33-13-18-12-23(27(38)24(15-37)40-18)36-14-22(34-35-36)16-9-19(28)26(30)20(29)10-16;1-4-2-3/h3-4,9-11,18,22-24,27,31,33,37-38H,2,5-8,12-15H2,1H3;2-3H,1H2. The van der Waals surface area contributed by atoms with Crippen LogP contribution >= 0.6 is 11.8 Å². The average Bonchev–Trinajstić information content (AvgIpc) is 3.55. The molecule has 1 saturated heterocycles. The lowest BCUT2D eigenvalue weighted by atomic mass is 9.94. The zero-order valence-electron chi connectivity index (χ0n) is 24.9. The third kappa shape index (κ3) is 10.3. The van der Waals surface area contributed by atoms with Gasteiger partial charge in [-0.15, -0.1) is 11.8 Å². The van der Waals surface area contributed by atoms with Crippen LogP contribution in [0.15, 0.2) is 55.5 Å². The van der Waals surface area contributed by atoms with E-state index in [9.17, 15) is 23.4 Å². The number of ether oxygens (including phenoxy) is 2. The maximum absolute atomic E-state index is 13.8. The van der Waals surface area contributed by atoms with Crippen molar-refractivity contribution in [2.24, 2.45) is 20.3 Å². The van der Waals surface area contributed by atoms with Crippen molar-refractivity contribution in [1.29, 1.82) is 5.41 Å². The minimum Gasteiger partial charge on any atom is -0.394 e. The van der Waals surface area contributed by atoms with Crippen LogP contribution in [0.3, 0.4) is 0 Å². The van der Waals surface area contributed by atoms with Gasteiger partial charge in [-0.05, 0) is 62.8 Å². The van der Waals surface area contributed by atoms with E-state index in [0.717, 1.165) is 47.0 Å². The summed E-state index contributed by atoms with van der Waals surface area (Å²) in [4.78, 5) is 8.08. The van der Waals surface area contributed by atoms with Gasteiger partial charge in [0.2, 0.25) is 0 Å². The number of hydrogen-bond acceptors (Lipinski definition) is 12. The van der Waals surface area contributed by atoms with Crippen molar-refractivity contribution < 1.29 is 32.9 Å². The van der Waals surface area contributed by atoms with Crippen molar-refractivity contribution in [3.8, 4) is 0 Å². The van der Waals surface area contributed by atoms with Crippen molar-refractivity contribution >= 4 is 42.9 Å². The number of aliphatic imine (C=N–C) groups is 2. The van der Waals surface area contributed by atoms with Crippen molar-refractivity contribution in [2.75, 3.05) is 57.6 Å². The van der Waals surface area contributed by atoms with Crippen molar-refractivity contribution in [1.82, 2.24) is 10.3 Å². The van der Waals surface area contributed by atoms with Crippen LogP contribution < -0.4 is 10.6 Å². The largest absolute Gasteiger partial charge is 0.394 e. The fraction of sp³-hybridized carbons (Fsp3) is 0.483. The molecule has 2 aliphatic rings. The van der Waals surface area contributed by atoms with E-state index in [-0.39, 0.29) is 12.1 Å². The third-order valence-electron chi connectivity index (χ3n) is 7.00. The minimum absolute atomic E-state index is 0.125. The summed E-state index contributed by atoms with van der Waals surface area (Å²) in [5, 5.41) is 42.9. The molecule has 4 rings (SSSR count). The molecular formula is C29H39F3N8O4S. The van der Waals surface area contributed by atoms with Crippen LogP contribution in [0.1, 0.15) is 18.0 Å². The second kappa shape index (κ2) is 18.5. The Kier molecular flexibility index (Phi) is 14.9. The Balaban J connectivity index is 0.00000130. The Hall–Kier alpha value is -3.41. The predicted octanol–water partition coefficient (Wildman–Crippen LogP) is 3.77. The summed E-state index contributed by atoms with van der Waals surface area (Å²) in [6, 6.07) is 6.21. The molecule has 16 heteroatoms. The SMILES string of the molecule is C=NC=N.C=Nc1ccc(NCC2CC(N3CC(c4cc(F)c(F)c(F)c4)N=N3)C(O)C(CO)O2)cc1SCCOCCNC. The predicted molar refractivity (Wildman–Crippen MR) is 169 cm³/mol. The van der Waals surface area contributed by atoms with Crippen LogP contribution in [0.2, 0.25) is 0 Å². The molecule has 2 aromatic carbocycles. The summed E-state index contributed by atoms with van der Waals surface area (Å²) in [5.41, 5.74) is 1.74. The Bertz CT molecular complexity index is 1280. The van der Waals surface area contributed by atoms with Crippen molar-refractivity contribution in [3.05, 3.63) is 53.3 Å². The van der Waals surface area contributed by atoms with Gasteiger partial charge in [0.05, 0.1) is 44.2 Å². The maximum Gasteiger partial charge on any atom is 0.194 e. The van der Waals surface area contributed by atoms with Gasteiger partial charge < -0.3 is 30.3 Å². The second-order valence-electron chi connectivity index (χ2n) is 10.0. The lowest BCUT2D eigenvalue weighted by Crippen LogP contribution is -2.56. The van der Waals surface area contributed by atoms with E-state index in [1.54, 1.807) is 11.8 Å². The van der Waals surface area contributed by atoms with Gasteiger partial charge >= 0.3 is 0 Å². The van der Waals surface area contributed by atoms with E-state index >= 15 is 0 Å². The van der Waals surface area contributed by atoms with Gasteiger partial charge in [-0.2, -0.15) is 5.11 Å². The highest BCUT2D eigenvalue weighted by molar-refractivity contribution is 7.99. The number of aliphatic hydroxyl groups excluding tert-OH is 2. The summed E-state index contributed by atoms with van der Waals surface area (Å²) >= 11 is 1.61.